The molecule has 12 aromatic rings. The predicted molar refractivity (Wildman–Crippen MR) is 237 cm³/mol. The number of nitrogens with zero attached hydrogens (tertiary/aromatic N) is 1. The van der Waals surface area contributed by atoms with Crippen LogP contribution in [-0.2, 0) is 0 Å². The van der Waals surface area contributed by atoms with Gasteiger partial charge in [0, 0.05) is 21.5 Å². The predicted octanol–water partition coefficient (Wildman–Crippen LogP) is 15.1. The van der Waals surface area contributed by atoms with Crippen LogP contribution >= 0.6 is 0 Å². The second-order valence-electron chi connectivity index (χ2n) is 14.4. The monoisotopic (exact) mass is 716 g/mol. The molecule has 0 N–H and O–H groups in total. The van der Waals surface area contributed by atoms with Gasteiger partial charge in [-0.2, -0.15) is 0 Å². The zero-order valence-corrected chi connectivity index (χ0v) is 30.0. The van der Waals surface area contributed by atoms with Crippen molar-refractivity contribution in [3.05, 3.63) is 200 Å². The highest BCUT2D eigenvalue weighted by atomic mass is 16.3. The molecule has 2 heteroatoms. The van der Waals surface area contributed by atoms with Gasteiger partial charge >= 0.3 is 0 Å². The lowest BCUT2D eigenvalue weighted by Crippen LogP contribution is -1.96. The molecule has 0 fully saturated rings. The summed E-state index contributed by atoms with van der Waals surface area (Å²) < 4.78 is 52.6. The largest absolute Gasteiger partial charge is 0.454 e. The molecule has 2 aromatic heterocycles. The van der Waals surface area contributed by atoms with Gasteiger partial charge in [0.05, 0.1) is 23.6 Å². The first kappa shape index (κ1) is 26.4. The zero-order chi connectivity index (χ0) is 41.1. The maximum Gasteiger partial charge on any atom is 0.159 e. The van der Waals surface area contributed by atoms with Crippen LogP contribution in [0.15, 0.2) is 204 Å². The van der Waals surface area contributed by atoms with Gasteiger partial charge in [0.15, 0.2) is 5.58 Å². The van der Waals surface area contributed by atoms with E-state index in [1.54, 1.807) is 0 Å². The van der Waals surface area contributed by atoms with E-state index in [4.69, 9.17) is 11.3 Å². The molecule has 0 aliphatic heterocycles. The van der Waals surface area contributed by atoms with E-state index >= 15 is 0 Å². The van der Waals surface area contributed by atoms with Gasteiger partial charge in [0.1, 0.15) is 5.58 Å². The van der Waals surface area contributed by atoms with Crippen molar-refractivity contribution in [3.8, 4) is 39.1 Å². The number of para-hydroxylation sites is 3. The molecule has 0 spiro atoms. The minimum Gasteiger partial charge on any atom is -0.454 e. The Hall–Kier alpha value is -7.42. The highest BCUT2D eigenvalue weighted by Gasteiger charge is 2.22. The van der Waals surface area contributed by atoms with Crippen LogP contribution in [-0.4, -0.2) is 4.57 Å². The number of hydrogen-bond donors (Lipinski definition) is 0. The third-order valence-corrected chi connectivity index (χ3v) is 11.4. The Bertz CT molecular complexity index is 3700. The SMILES string of the molecule is [2H]c1c([2H])c([2H])c(-c2c3ccccc3c(-c3cc(-c4cc(-n5c6ccccc6c6ccccc65)c5oc6ccccc6c5c4)c4ccccc4c3)c3ccccc23)c([2H])c1[2H]. The third kappa shape index (κ3) is 4.50. The first-order valence-electron chi connectivity index (χ1n) is 21.4. The Balaban J connectivity index is 1.19. The highest BCUT2D eigenvalue weighted by Crippen LogP contribution is 2.47. The maximum atomic E-state index is 9.03. The van der Waals surface area contributed by atoms with Crippen LogP contribution in [0.1, 0.15) is 6.85 Å². The number of aromatic nitrogens is 1. The summed E-state index contributed by atoms with van der Waals surface area (Å²) in [4.78, 5) is 0. The molecule has 12 rings (SSSR count). The molecule has 0 unspecified atom stereocenters. The van der Waals surface area contributed by atoms with E-state index in [0.29, 0.717) is 5.56 Å². The molecule has 0 saturated carbocycles. The zero-order valence-electron chi connectivity index (χ0n) is 35.0. The molecule has 0 radical (unpaired) electrons. The summed E-state index contributed by atoms with van der Waals surface area (Å²) in [5, 5.41) is 10.1. The first-order chi connectivity index (χ1) is 29.9. The molecule has 2 heterocycles. The highest BCUT2D eigenvalue weighted by molar-refractivity contribution is 6.22. The van der Waals surface area contributed by atoms with Crippen LogP contribution in [0.4, 0.5) is 0 Å². The van der Waals surface area contributed by atoms with Crippen LogP contribution < -0.4 is 0 Å². The molecule has 0 saturated heterocycles. The van der Waals surface area contributed by atoms with Gasteiger partial charge in [-0.25, -0.2) is 0 Å². The van der Waals surface area contributed by atoms with E-state index in [-0.39, 0.29) is 29.7 Å². The van der Waals surface area contributed by atoms with Gasteiger partial charge in [-0.3, -0.25) is 0 Å². The van der Waals surface area contributed by atoms with Crippen LogP contribution in [0.5, 0.6) is 0 Å². The summed E-state index contributed by atoms with van der Waals surface area (Å²) in [6.45, 7) is 0. The normalized spacial score (nSPS) is 13.2. The molecule has 0 amide bonds. The Morgan fingerprint density at radius 2 is 0.911 bits per heavy atom. The van der Waals surface area contributed by atoms with Crippen LogP contribution in [0.3, 0.4) is 0 Å². The quantitative estimate of drug-likeness (QED) is 0.166. The van der Waals surface area contributed by atoms with Gasteiger partial charge in [-0.1, -0.05) is 158 Å². The lowest BCUT2D eigenvalue weighted by atomic mass is 9.84. The van der Waals surface area contributed by atoms with Crippen molar-refractivity contribution in [2.45, 2.75) is 0 Å². The molecule has 260 valence electrons. The fourth-order valence-corrected chi connectivity index (χ4v) is 9.09. The summed E-state index contributed by atoms with van der Waals surface area (Å²) in [6.07, 6.45) is 0. The average molecular weight is 717 g/mol. The lowest BCUT2D eigenvalue weighted by Gasteiger charge is -2.19. The summed E-state index contributed by atoms with van der Waals surface area (Å²) in [5.41, 5.74) is 9.72. The second-order valence-corrected chi connectivity index (χ2v) is 14.4. The molecular formula is C54H33NO. The minimum absolute atomic E-state index is 0.197. The van der Waals surface area contributed by atoms with Gasteiger partial charge in [-0.15, -0.1) is 0 Å². The van der Waals surface area contributed by atoms with Crippen molar-refractivity contribution in [1.82, 2.24) is 4.57 Å². The number of furan rings is 1. The van der Waals surface area contributed by atoms with Crippen molar-refractivity contribution >= 4 is 76.1 Å². The number of benzene rings is 10. The van der Waals surface area contributed by atoms with Crippen LogP contribution in [0.25, 0.3) is 115 Å². The van der Waals surface area contributed by atoms with Gasteiger partial charge < -0.3 is 8.98 Å². The standard InChI is InChI=1S/C54H33NO/c1-2-16-34(17-3-1)52-42-23-6-8-25-44(42)53(45-26-9-7-24-43(45)52)37-30-35-18-4-5-19-38(35)46(32-37)36-31-47-41-22-12-15-29-51(41)56-54(47)50(33-36)55-48-27-13-10-20-39(48)40-21-11-14-28-49(40)55/h1-33H/i1D,2D,3D,16D,17D. The van der Waals surface area contributed by atoms with Crippen molar-refractivity contribution in [2.75, 3.05) is 0 Å². The molecule has 0 aliphatic rings. The Kier molecular flexibility index (Phi) is 5.67. The first-order valence-corrected chi connectivity index (χ1v) is 18.9. The third-order valence-electron chi connectivity index (χ3n) is 11.4. The van der Waals surface area contributed by atoms with Gasteiger partial charge in [-0.05, 0) is 108 Å². The van der Waals surface area contributed by atoms with E-state index in [1.807, 2.05) is 48.5 Å². The smallest absolute Gasteiger partial charge is 0.159 e. The minimum atomic E-state index is -0.407. The molecule has 0 aliphatic carbocycles. The Morgan fingerprint density at radius 3 is 1.55 bits per heavy atom. The number of rotatable bonds is 4. The van der Waals surface area contributed by atoms with Gasteiger partial charge in [0.25, 0.3) is 0 Å². The fourth-order valence-electron chi connectivity index (χ4n) is 9.09. The Labute approximate surface area is 330 Å². The van der Waals surface area contributed by atoms with E-state index in [9.17, 15) is 0 Å². The number of hydrogen-bond acceptors (Lipinski definition) is 1. The second kappa shape index (κ2) is 12.0. The Morgan fingerprint density at radius 1 is 0.393 bits per heavy atom. The molecule has 0 bridgehead atoms. The molecule has 0 atom stereocenters. The summed E-state index contributed by atoms with van der Waals surface area (Å²) in [5.74, 6) is 0. The molecule has 56 heavy (non-hydrogen) atoms. The van der Waals surface area contributed by atoms with Gasteiger partial charge in [0.2, 0.25) is 0 Å². The topological polar surface area (TPSA) is 18.1 Å². The molecule has 10 aromatic carbocycles. The lowest BCUT2D eigenvalue weighted by molar-refractivity contribution is 0.666. The van der Waals surface area contributed by atoms with E-state index in [0.717, 1.165) is 93.2 Å². The van der Waals surface area contributed by atoms with Crippen molar-refractivity contribution in [3.63, 3.8) is 0 Å². The number of fused-ring (bicyclic) bond motifs is 9. The van der Waals surface area contributed by atoms with E-state index in [1.165, 1.54) is 10.8 Å². The summed E-state index contributed by atoms with van der Waals surface area (Å²) in [7, 11) is 0. The summed E-state index contributed by atoms with van der Waals surface area (Å²) in [6, 6.07) is 57.4. The van der Waals surface area contributed by atoms with Crippen molar-refractivity contribution in [1.29, 1.82) is 0 Å². The molecular weight excluding hydrogens is 679 g/mol. The van der Waals surface area contributed by atoms with Crippen LogP contribution in [0, 0.1) is 0 Å². The van der Waals surface area contributed by atoms with Crippen molar-refractivity contribution < 1.29 is 11.3 Å². The van der Waals surface area contributed by atoms with E-state index < -0.39 is 6.04 Å². The summed E-state index contributed by atoms with van der Waals surface area (Å²) >= 11 is 0. The van der Waals surface area contributed by atoms with E-state index in [2.05, 4.69) is 126 Å². The van der Waals surface area contributed by atoms with Crippen LogP contribution in [0.2, 0.25) is 0 Å². The molecule has 2 nitrogen and oxygen atoms in total. The fraction of sp³-hybridized carbons (Fsp3) is 0. The average Bonchev–Trinajstić information content (AvgIpc) is 3.85. The van der Waals surface area contributed by atoms with Crippen molar-refractivity contribution in [2.24, 2.45) is 0 Å². The maximum absolute atomic E-state index is 9.03.